The van der Waals surface area contributed by atoms with Crippen molar-refractivity contribution in [3.8, 4) is 27.6 Å². The highest BCUT2D eigenvalue weighted by molar-refractivity contribution is 7.92. The first-order valence-electron chi connectivity index (χ1n) is 11.3. The van der Waals surface area contributed by atoms with Gasteiger partial charge in [-0.05, 0) is 48.5 Å². The van der Waals surface area contributed by atoms with E-state index in [0.29, 0.717) is 22.3 Å². The van der Waals surface area contributed by atoms with E-state index >= 15 is 0 Å². The number of amides is 1. The van der Waals surface area contributed by atoms with Gasteiger partial charge < -0.3 is 10.1 Å². The molecule has 38 heavy (non-hydrogen) atoms. The number of carbonyl (C=O) groups excluding carboxylic acids is 1. The summed E-state index contributed by atoms with van der Waals surface area (Å²) in [5.74, 6) is -0.958. The second-order valence-corrected chi connectivity index (χ2v) is 11.2. The number of thiophene rings is 1. The molecule has 8 bridgehead atoms. The lowest BCUT2D eigenvalue weighted by Crippen LogP contribution is -2.24. The summed E-state index contributed by atoms with van der Waals surface area (Å²) < 4.78 is 49.8. The van der Waals surface area contributed by atoms with Gasteiger partial charge in [0.1, 0.15) is 17.8 Å². The molecule has 1 amide bonds. The molecule has 6 rings (SSSR count). The lowest BCUT2D eigenvalue weighted by atomic mass is 10.1. The molecule has 0 unspecified atom stereocenters. The van der Waals surface area contributed by atoms with Gasteiger partial charge in [0, 0.05) is 39.9 Å². The SMILES string of the molecule is COc1ncc2cc1NS(=O)(=O)c1cccc(c1)C(=O)NCc1cc(ccc1F)-c1ncnc3cc-2sc13. The first-order chi connectivity index (χ1) is 18.3. The number of hydrogen-bond donors (Lipinski definition) is 2. The van der Waals surface area contributed by atoms with Crippen molar-refractivity contribution >= 4 is 43.2 Å². The molecule has 2 aromatic carbocycles. The number of aromatic nitrogens is 3. The van der Waals surface area contributed by atoms with E-state index < -0.39 is 21.7 Å². The Hall–Kier alpha value is -4.42. The van der Waals surface area contributed by atoms with Gasteiger partial charge in [0.25, 0.3) is 15.9 Å². The van der Waals surface area contributed by atoms with Gasteiger partial charge in [-0.3, -0.25) is 9.52 Å². The molecule has 1 aliphatic rings. The van der Waals surface area contributed by atoms with Crippen molar-refractivity contribution in [2.24, 2.45) is 0 Å². The molecule has 0 spiro atoms. The predicted octanol–water partition coefficient (Wildman–Crippen LogP) is 4.61. The molecule has 12 heteroatoms. The van der Waals surface area contributed by atoms with Crippen molar-refractivity contribution in [3.05, 3.63) is 84.1 Å². The number of benzene rings is 2. The fourth-order valence-corrected chi connectivity index (χ4v) is 6.37. The van der Waals surface area contributed by atoms with Gasteiger partial charge in [0.2, 0.25) is 5.88 Å². The zero-order chi connectivity index (χ0) is 26.4. The summed E-state index contributed by atoms with van der Waals surface area (Å²) >= 11 is 1.40. The molecule has 0 saturated heterocycles. The maximum absolute atomic E-state index is 14.7. The largest absolute Gasteiger partial charge is 0.480 e. The van der Waals surface area contributed by atoms with Crippen molar-refractivity contribution in [3.63, 3.8) is 0 Å². The molecule has 0 fully saturated rings. The van der Waals surface area contributed by atoms with E-state index in [-0.39, 0.29) is 34.1 Å². The average molecular weight is 548 g/mol. The zero-order valence-corrected chi connectivity index (χ0v) is 21.4. The molecule has 190 valence electrons. The quantitative estimate of drug-likeness (QED) is 0.314. The Morgan fingerprint density at radius 1 is 1.00 bits per heavy atom. The van der Waals surface area contributed by atoms with Crippen LogP contribution in [0, 0.1) is 5.82 Å². The molecule has 9 nitrogen and oxygen atoms in total. The minimum Gasteiger partial charge on any atom is -0.480 e. The van der Waals surface area contributed by atoms with Crippen LogP contribution in [0.3, 0.4) is 0 Å². The van der Waals surface area contributed by atoms with Gasteiger partial charge in [0.15, 0.2) is 0 Å². The summed E-state index contributed by atoms with van der Waals surface area (Å²) in [7, 11) is -2.73. The molecule has 5 aromatic rings. The van der Waals surface area contributed by atoms with Gasteiger partial charge in [0.05, 0.1) is 27.9 Å². The number of fused-ring (bicyclic) bond motifs is 9. The number of anilines is 1. The van der Waals surface area contributed by atoms with E-state index in [1.54, 1.807) is 24.4 Å². The zero-order valence-electron chi connectivity index (χ0n) is 19.7. The molecular formula is C26H18FN5O4S2. The summed E-state index contributed by atoms with van der Waals surface area (Å²) in [6.45, 7) is -0.106. The number of pyridine rings is 1. The Kier molecular flexibility index (Phi) is 5.77. The van der Waals surface area contributed by atoms with Crippen molar-refractivity contribution in [1.82, 2.24) is 20.3 Å². The van der Waals surface area contributed by atoms with Crippen LogP contribution in [0.4, 0.5) is 10.1 Å². The first kappa shape index (κ1) is 23.9. The number of halogens is 1. The molecular weight excluding hydrogens is 529 g/mol. The topological polar surface area (TPSA) is 123 Å². The fourth-order valence-electron chi connectivity index (χ4n) is 4.17. The molecule has 4 heterocycles. The van der Waals surface area contributed by atoms with Gasteiger partial charge in [-0.1, -0.05) is 6.07 Å². The number of hydrogen-bond acceptors (Lipinski definition) is 8. The Bertz CT molecular complexity index is 1860. The Morgan fingerprint density at radius 2 is 1.87 bits per heavy atom. The van der Waals surface area contributed by atoms with E-state index in [1.807, 2.05) is 6.07 Å². The molecule has 0 radical (unpaired) electrons. The predicted molar refractivity (Wildman–Crippen MR) is 141 cm³/mol. The van der Waals surface area contributed by atoms with E-state index in [1.165, 1.54) is 55.1 Å². The Balaban J connectivity index is 1.59. The van der Waals surface area contributed by atoms with E-state index in [0.717, 1.165) is 9.58 Å². The van der Waals surface area contributed by atoms with Crippen LogP contribution in [-0.4, -0.2) is 36.4 Å². The van der Waals surface area contributed by atoms with Crippen LogP contribution >= 0.6 is 11.3 Å². The molecule has 0 aliphatic carbocycles. The first-order valence-corrected chi connectivity index (χ1v) is 13.6. The number of nitrogens with one attached hydrogen (secondary N) is 2. The number of carbonyl (C=O) groups is 1. The van der Waals surface area contributed by atoms with E-state index in [4.69, 9.17) is 4.74 Å². The van der Waals surface area contributed by atoms with Crippen molar-refractivity contribution in [1.29, 1.82) is 0 Å². The third-order valence-electron chi connectivity index (χ3n) is 6.05. The lowest BCUT2D eigenvalue weighted by Gasteiger charge is -2.13. The van der Waals surface area contributed by atoms with Crippen LogP contribution < -0.4 is 14.8 Å². The highest BCUT2D eigenvalue weighted by Gasteiger charge is 2.21. The van der Waals surface area contributed by atoms with Crippen molar-refractivity contribution in [2.45, 2.75) is 11.4 Å². The van der Waals surface area contributed by atoms with Crippen LogP contribution in [0.2, 0.25) is 0 Å². The third kappa shape index (κ3) is 4.23. The smallest absolute Gasteiger partial charge is 0.262 e. The summed E-state index contributed by atoms with van der Waals surface area (Å²) in [6.07, 6.45) is 3.01. The Labute approximate surface area is 220 Å². The normalized spacial score (nSPS) is 14.3. The maximum Gasteiger partial charge on any atom is 0.262 e. The Morgan fingerprint density at radius 3 is 2.71 bits per heavy atom. The summed E-state index contributed by atoms with van der Waals surface area (Å²) in [4.78, 5) is 26.6. The summed E-state index contributed by atoms with van der Waals surface area (Å²) in [5, 5.41) is 2.67. The number of rotatable bonds is 1. The second kappa shape index (κ2) is 9.15. The number of ether oxygens (including phenoxy) is 1. The molecule has 2 N–H and O–H groups in total. The minimum atomic E-state index is -4.12. The third-order valence-corrected chi connectivity index (χ3v) is 8.59. The number of nitrogens with zero attached hydrogens (tertiary/aromatic N) is 3. The minimum absolute atomic E-state index is 0.0843. The lowest BCUT2D eigenvalue weighted by molar-refractivity contribution is 0.0950. The van der Waals surface area contributed by atoms with Crippen LogP contribution in [0.1, 0.15) is 15.9 Å². The maximum atomic E-state index is 14.7. The summed E-state index contributed by atoms with van der Waals surface area (Å²) in [6, 6.07) is 13.6. The van der Waals surface area contributed by atoms with Gasteiger partial charge in [-0.2, -0.15) is 0 Å². The average Bonchev–Trinajstić information content (AvgIpc) is 3.36. The molecule has 1 aliphatic heterocycles. The molecule has 0 atom stereocenters. The van der Waals surface area contributed by atoms with Crippen molar-refractivity contribution < 1.29 is 22.3 Å². The van der Waals surface area contributed by atoms with Crippen LogP contribution in [-0.2, 0) is 16.6 Å². The second-order valence-electron chi connectivity index (χ2n) is 8.45. The van der Waals surface area contributed by atoms with E-state index in [9.17, 15) is 17.6 Å². The van der Waals surface area contributed by atoms with Crippen molar-refractivity contribution in [2.75, 3.05) is 11.8 Å². The van der Waals surface area contributed by atoms with Gasteiger partial charge >= 0.3 is 0 Å². The van der Waals surface area contributed by atoms with Gasteiger partial charge in [-0.15, -0.1) is 11.3 Å². The highest BCUT2D eigenvalue weighted by Crippen LogP contribution is 2.39. The number of methoxy groups -OCH3 is 1. The van der Waals surface area contributed by atoms with E-state index in [2.05, 4.69) is 25.0 Å². The summed E-state index contributed by atoms with van der Waals surface area (Å²) in [5.41, 5.74) is 3.07. The monoisotopic (exact) mass is 547 g/mol. The van der Waals surface area contributed by atoms with Crippen LogP contribution in [0.15, 0.2) is 72.0 Å². The molecule has 0 saturated carbocycles. The standard InChI is InChI=1S/C26H18FN5O4S2/c1-36-26-21-9-17(12-29-26)22-10-20-24(37-22)23(31-13-30-20)14-5-6-19(27)16(7-14)11-28-25(33)15-3-2-4-18(8-15)38(34,35)32-21/h2-10,12-13,32H,11H2,1H3,(H,28,33). The van der Waals surface area contributed by atoms with Crippen LogP contribution in [0.5, 0.6) is 5.88 Å². The van der Waals surface area contributed by atoms with Gasteiger partial charge in [-0.25, -0.2) is 27.8 Å². The fraction of sp³-hybridized carbons (Fsp3) is 0.0769. The van der Waals surface area contributed by atoms with Crippen LogP contribution in [0.25, 0.3) is 31.9 Å². The number of sulfonamides is 1. The molecule has 3 aromatic heterocycles. The highest BCUT2D eigenvalue weighted by atomic mass is 32.2.